The molecule has 1 amide bonds. The zero-order valence-corrected chi connectivity index (χ0v) is 14.8. The Morgan fingerprint density at radius 2 is 1.72 bits per heavy atom. The molecule has 0 atom stereocenters. The van der Waals surface area contributed by atoms with Crippen LogP contribution in [0.15, 0.2) is 65.6 Å². The van der Waals surface area contributed by atoms with Gasteiger partial charge >= 0.3 is 0 Å². The lowest BCUT2D eigenvalue weighted by Crippen LogP contribution is -2.34. The number of carbonyl (C=O) groups is 1. The number of rotatable bonds is 4. The SMILES string of the molecule is CC(=O)Nc1ccc(S(=O)(=O)N2CC=C(c3ccccc3)CC2)cc1. The number of nitrogens with zero attached hydrogens (tertiary/aromatic N) is 1. The quantitative estimate of drug-likeness (QED) is 0.915. The highest BCUT2D eigenvalue weighted by atomic mass is 32.2. The van der Waals surface area contributed by atoms with Gasteiger partial charge in [-0.05, 0) is 41.8 Å². The molecule has 1 N–H and O–H groups in total. The number of amides is 1. The van der Waals surface area contributed by atoms with Crippen LogP contribution in [0, 0.1) is 0 Å². The first-order chi connectivity index (χ1) is 12.0. The van der Waals surface area contributed by atoms with Crippen molar-refractivity contribution < 1.29 is 13.2 Å². The van der Waals surface area contributed by atoms with Crippen molar-refractivity contribution in [3.05, 3.63) is 66.2 Å². The third-order valence-electron chi connectivity index (χ3n) is 4.13. The van der Waals surface area contributed by atoms with Crippen LogP contribution in [0.2, 0.25) is 0 Å². The van der Waals surface area contributed by atoms with Crippen LogP contribution in [0.3, 0.4) is 0 Å². The zero-order chi connectivity index (χ0) is 17.9. The van der Waals surface area contributed by atoms with Gasteiger partial charge in [-0.3, -0.25) is 4.79 Å². The van der Waals surface area contributed by atoms with Crippen molar-refractivity contribution in [1.82, 2.24) is 4.31 Å². The molecule has 0 saturated heterocycles. The van der Waals surface area contributed by atoms with Gasteiger partial charge in [-0.25, -0.2) is 8.42 Å². The third-order valence-corrected chi connectivity index (χ3v) is 6.01. The summed E-state index contributed by atoms with van der Waals surface area (Å²) in [6.45, 7) is 2.23. The maximum atomic E-state index is 12.8. The van der Waals surface area contributed by atoms with Crippen LogP contribution < -0.4 is 5.32 Å². The maximum absolute atomic E-state index is 12.8. The van der Waals surface area contributed by atoms with E-state index in [0.29, 0.717) is 25.2 Å². The Labute approximate surface area is 148 Å². The van der Waals surface area contributed by atoms with Crippen LogP contribution in [0.25, 0.3) is 5.57 Å². The number of benzene rings is 2. The molecule has 5 nitrogen and oxygen atoms in total. The number of hydrogen-bond acceptors (Lipinski definition) is 3. The molecule has 2 aromatic carbocycles. The molecular weight excluding hydrogens is 336 g/mol. The van der Waals surface area contributed by atoms with E-state index in [2.05, 4.69) is 5.32 Å². The Kier molecular flexibility index (Phi) is 5.01. The first-order valence-corrected chi connectivity index (χ1v) is 9.53. The van der Waals surface area contributed by atoms with E-state index in [4.69, 9.17) is 0 Å². The molecule has 130 valence electrons. The van der Waals surface area contributed by atoms with Crippen molar-refractivity contribution in [2.45, 2.75) is 18.2 Å². The summed E-state index contributed by atoms with van der Waals surface area (Å²) in [4.78, 5) is 11.3. The van der Waals surface area contributed by atoms with Crippen LogP contribution in [0.1, 0.15) is 18.9 Å². The third kappa shape index (κ3) is 3.97. The van der Waals surface area contributed by atoms with Crippen molar-refractivity contribution in [2.75, 3.05) is 18.4 Å². The minimum absolute atomic E-state index is 0.190. The minimum Gasteiger partial charge on any atom is -0.326 e. The average molecular weight is 356 g/mol. The summed E-state index contributed by atoms with van der Waals surface area (Å²) in [5.74, 6) is -0.190. The minimum atomic E-state index is -3.54. The van der Waals surface area contributed by atoms with E-state index in [1.54, 1.807) is 12.1 Å². The standard InChI is InChI=1S/C19H20N2O3S/c1-15(22)20-18-7-9-19(10-8-18)25(23,24)21-13-11-17(12-14-21)16-5-3-2-4-6-16/h2-11H,12-14H2,1H3,(H,20,22). The molecule has 25 heavy (non-hydrogen) atoms. The van der Waals surface area contributed by atoms with E-state index in [0.717, 1.165) is 5.56 Å². The predicted octanol–water partition coefficient (Wildman–Crippen LogP) is 3.12. The Hall–Kier alpha value is -2.44. The predicted molar refractivity (Wildman–Crippen MR) is 98.5 cm³/mol. The highest BCUT2D eigenvalue weighted by Crippen LogP contribution is 2.26. The molecule has 3 rings (SSSR count). The van der Waals surface area contributed by atoms with E-state index < -0.39 is 10.0 Å². The Morgan fingerprint density at radius 1 is 1.04 bits per heavy atom. The number of anilines is 1. The molecule has 0 aromatic heterocycles. The summed E-state index contributed by atoms with van der Waals surface area (Å²) in [5.41, 5.74) is 2.89. The largest absolute Gasteiger partial charge is 0.326 e. The fourth-order valence-corrected chi connectivity index (χ4v) is 4.23. The summed E-state index contributed by atoms with van der Waals surface area (Å²) in [7, 11) is -3.54. The second kappa shape index (κ2) is 7.21. The number of sulfonamides is 1. The van der Waals surface area contributed by atoms with Crippen molar-refractivity contribution in [3.8, 4) is 0 Å². The molecule has 0 fully saturated rings. The van der Waals surface area contributed by atoms with Crippen molar-refractivity contribution in [1.29, 1.82) is 0 Å². The smallest absolute Gasteiger partial charge is 0.243 e. The summed E-state index contributed by atoms with van der Waals surface area (Å²) in [6, 6.07) is 16.3. The van der Waals surface area contributed by atoms with Crippen LogP contribution in [-0.4, -0.2) is 31.7 Å². The zero-order valence-electron chi connectivity index (χ0n) is 14.0. The second-order valence-corrected chi connectivity index (χ2v) is 7.85. The van der Waals surface area contributed by atoms with Gasteiger partial charge in [-0.2, -0.15) is 4.31 Å². The number of nitrogens with one attached hydrogen (secondary N) is 1. The van der Waals surface area contributed by atoms with Gasteiger partial charge in [0.25, 0.3) is 0 Å². The molecule has 0 unspecified atom stereocenters. The van der Waals surface area contributed by atoms with Crippen molar-refractivity contribution in [3.63, 3.8) is 0 Å². The average Bonchev–Trinajstić information content (AvgIpc) is 2.62. The first-order valence-electron chi connectivity index (χ1n) is 8.09. The van der Waals surface area contributed by atoms with Gasteiger partial charge in [0.2, 0.25) is 15.9 Å². The van der Waals surface area contributed by atoms with Crippen LogP contribution >= 0.6 is 0 Å². The molecule has 2 aromatic rings. The summed E-state index contributed by atoms with van der Waals surface area (Å²) in [6.07, 6.45) is 2.66. The van der Waals surface area contributed by atoms with Crippen LogP contribution in [0.4, 0.5) is 5.69 Å². The molecule has 1 aliphatic heterocycles. The lowest BCUT2D eigenvalue weighted by molar-refractivity contribution is -0.114. The van der Waals surface area contributed by atoms with Gasteiger partial charge in [0, 0.05) is 25.7 Å². The summed E-state index contributed by atoms with van der Waals surface area (Å²) < 4.78 is 27.0. The van der Waals surface area contributed by atoms with E-state index in [1.807, 2.05) is 36.4 Å². The molecule has 1 aliphatic rings. The number of carbonyl (C=O) groups excluding carboxylic acids is 1. The van der Waals surface area contributed by atoms with E-state index in [1.165, 1.54) is 28.9 Å². The summed E-state index contributed by atoms with van der Waals surface area (Å²) >= 11 is 0. The molecule has 0 radical (unpaired) electrons. The monoisotopic (exact) mass is 356 g/mol. The van der Waals surface area contributed by atoms with Gasteiger partial charge in [-0.15, -0.1) is 0 Å². The Morgan fingerprint density at radius 3 is 2.28 bits per heavy atom. The number of hydrogen-bond donors (Lipinski definition) is 1. The van der Waals surface area contributed by atoms with Gasteiger partial charge < -0.3 is 5.32 Å². The van der Waals surface area contributed by atoms with E-state index in [9.17, 15) is 13.2 Å². The molecule has 0 bridgehead atoms. The van der Waals surface area contributed by atoms with Gasteiger partial charge in [-0.1, -0.05) is 36.4 Å². The van der Waals surface area contributed by atoms with Crippen molar-refractivity contribution in [2.24, 2.45) is 0 Å². The lowest BCUT2D eigenvalue weighted by Gasteiger charge is -2.26. The molecule has 0 saturated carbocycles. The second-order valence-electron chi connectivity index (χ2n) is 5.91. The first kappa shape index (κ1) is 17.4. The maximum Gasteiger partial charge on any atom is 0.243 e. The lowest BCUT2D eigenvalue weighted by atomic mass is 10.0. The van der Waals surface area contributed by atoms with Gasteiger partial charge in [0.15, 0.2) is 0 Å². The highest BCUT2D eigenvalue weighted by molar-refractivity contribution is 7.89. The van der Waals surface area contributed by atoms with Crippen LogP contribution in [-0.2, 0) is 14.8 Å². The Bertz CT molecular complexity index is 888. The molecule has 6 heteroatoms. The topological polar surface area (TPSA) is 66.5 Å². The highest BCUT2D eigenvalue weighted by Gasteiger charge is 2.26. The van der Waals surface area contributed by atoms with Gasteiger partial charge in [0.05, 0.1) is 4.90 Å². The fourth-order valence-electron chi connectivity index (χ4n) is 2.85. The normalized spacial score (nSPS) is 15.5. The fraction of sp³-hybridized carbons (Fsp3) is 0.211. The van der Waals surface area contributed by atoms with E-state index >= 15 is 0 Å². The molecule has 0 aliphatic carbocycles. The molecule has 1 heterocycles. The van der Waals surface area contributed by atoms with E-state index in [-0.39, 0.29) is 10.8 Å². The Balaban J connectivity index is 1.75. The molecule has 0 spiro atoms. The summed E-state index contributed by atoms with van der Waals surface area (Å²) in [5, 5.41) is 2.63. The van der Waals surface area contributed by atoms with Crippen molar-refractivity contribution >= 4 is 27.2 Å². The van der Waals surface area contributed by atoms with Gasteiger partial charge in [0.1, 0.15) is 0 Å². The van der Waals surface area contributed by atoms with Crippen LogP contribution in [0.5, 0.6) is 0 Å². The molecular formula is C19H20N2O3S.